The Balaban J connectivity index is 0.000000354. The zero-order valence-electron chi connectivity index (χ0n) is 8.18. The summed E-state index contributed by atoms with van der Waals surface area (Å²) in [5, 5.41) is 7.32. The molecule has 0 radical (unpaired) electrons. The van der Waals surface area contributed by atoms with Gasteiger partial charge in [0.25, 0.3) is 0 Å². The van der Waals surface area contributed by atoms with Crippen LogP contribution >= 0.6 is 0 Å². The van der Waals surface area contributed by atoms with Gasteiger partial charge in [-0.15, -0.1) is 0 Å². The molecule has 0 saturated heterocycles. The van der Waals surface area contributed by atoms with Gasteiger partial charge in [0.1, 0.15) is 0 Å². The molecule has 1 nitrogen and oxygen atoms in total. The Labute approximate surface area is 74.7 Å². The molecule has 0 aliphatic rings. The van der Waals surface area contributed by atoms with Crippen molar-refractivity contribution in [1.82, 2.24) is 0 Å². The lowest BCUT2D eigenvalue weighted by molar-refractivity contribution is 1.32. The van der Waals surface area contributed by atoms with Crippen LogP contribution in [0.15, 0.2) is 18.2 Å². The van der Waals surface area contributed by atoms with Crippen molar-refractivity contribution in [3.05, 3.63) is 34.9 Å². The highest BCUT2D eigenvalue weighted by molar-refractivity contribution is 5.27. The normalized spacial score (nSPS) is 7.92. The minimum Gasteiger partial charge on any atom is -0.199 e. The molecule has 0 spiro atoms. The zero-order valence-corrected chi connectivity index (χ0v) is 8.18. The molecule has 1 aromatic carbocycles. The predicted molar refractivity (Wildman–Crippen MR) is 51.9 cm³/mol. The van der Waals surface area contributed by atoms with Crippen LogP contribution < -0.4 is 0 Å². The standard InChI is InChI=1S/C9H12.C2H3N/c1-7-4-8(2)6-9(3)5-7;1-2-3/h4-6H,1-3H3;1H3. The molecule has 64 valence electrons. The fraction of sp³-hybridized carbons (Fsp3) is 0.364. The van der Waals surface area contributed by atoms with Crippen LogP contribution in [-0.4, -0.2) is 0 Å². The largest absolute Gasteiger partial charge is 0.199 e. The van der Waals surface area contributed by atoms with Crippen molar-refractivity contribution in [2.45, 2.75) is 27.7 Å². The van der Waals surface area contributed by atoms with Gasteiger partial charge in [-0.2, -0.15) is 5.26 Å². The number of aryl methyl sites for hydroxylation is 3. The van der Waals surface area contributed by atoms with E-state index in [4.69, 9.17) is 5.26 Å². The third kappa shape index (κ3) is 4.51. The number of hydrogen-bond acceptors (Lipinski definition) is 1. The monoisotopic (exact) mass is 161 g/mol. The average Bonchev–Trinajstić information content (AvgIpc) is 1.84. The molecule has 0 fully saturated rings. The summed E-state index contributed by atoms with van der Waals surface area (Å²) in [7, 11) is 0. The molecule has 1 heteroatoms. The Morgan fingerprint density at radius 1 is 0.917 bits per heavy atom. The van der Waals surface area contributed by atoms with E-state index in [9.17, 15) is 0 Å². The maximum atomic E-state index is 7.32. The Morgan fingerprint density at radius 2 is 1.08 bits per heavy atom. The molecule has 0 saturated carbocycles. The molecule has 0 atom stereocenters. The van der Waals surface area contributed by atoms with Crippen LogP contribution in [-0.2, 0) is 0 Å². The first-order valence-electron chi connectivity index (χ1n) is 3.96. The average molecular weight is 161 g/mol. The van der Waals surface area contributed by atoms with E-state index in [1.807, 2.05) is 0 Å². The second kappa shape index (κ2) is 5.37. The predicted octanol–water partition coefficient (Wildman–Crippen LogP) is 3.14. The first-order valence-corrected chi connectivity index (χ1v) is 3.96. The van der Waals surface area contributed by atoms with Crippen LogP contribution in [0.25, 0.3) is 0 Å². The highest BCUT2D eigenvalue weighted by atomic mass is 14.2. The lowest BCUT2D eigenvalue weighted by Crippen LogP contribution is -1.78. The SMILES string of the molecule is CC#N.Cc1cc(C)cc(C)c1. The van der Waals surface area contributed by atoms with E-state index in [1.54, 1.807) is 6.07 Å². The van der Waals surface area contributed by atoms with Gasteiger partial charge in [0.05, 0.1) is 6.07 Å². The molecule has 0 amide bonds. The molecule has 0 unspecified atom stereocenters. The van der Waals surface area contributed by atoms with Crippen LogP contribution in [0, 0.1) is 32.1 Å². The van der Waals surface area contributed by atoms with Crippen molar-refractivity contribution in [3.8, 4) is 6.07 Å². The van der Waals surface area contributed by atoms with E-state index in [0.29, 0.717) is 0 Å². The summed E-state index contributed by atoms with van der Waals surface area (Å²) >= 11 is 0. The fourth-order valence-electron chi connectivity index (χ4n) is 1.20. The Bertz CT molecular complexity index is 231. The molecular weight excluding hydrogens is 146 g/mol. The Hall–Kier alpha value is -1.29. The summed E-state index contributed by atoms with van der Waals surface area (Å²) in [6, 6.07) is 8.31. The van der Waals surface area contributed by atoms with Crippen molar-refractivity contribution >= 4 is 0 Å². The second-order valence-corrected chi connectivity index (χ2v) is 2.89. The van der Waals surface area contributed by atoms with Gasteiger partial charge in [-0.3, -0.25) is 0 Å². The summed E-state index contributed by atoms with van der Waals surface area (Å²) in [6.07, 6.45) is 0. The smallest absolute Gasteiger partial charge is 0.0587 e. The van der Waals surface area contributed by atoms with Crippen molar-refractivity contribution in [1.29, 1.82) is 5.26 Å². The molecule has 0 aliphatic carbocycles. The molecule has 12 heavy (non-hydrogen) atoms. The molecule has 1 aromatic rings. The van der Waals surface area contributed by atoms with Gasteiger partial charge < -0.3 is 0 Å². The van der Waals surface area contributed by atoms with Crippen LogP contribution in [0.5, 0.6) is 0 Å². The summed E-state index contributed by atoms with van der Waals surface area (Å²) in [6.45, 7) is 7.81. The van der Waals surface area contributed by atoms with Gasteiger partial charge in [-0.25, -0.2) is 0 Å². The van der Waals surface area contributed by atoms with E-state index in [-0.39, 0.29) is 0 Å². The van der Waals surface area contributed by atoms with Gasteiger partial charge in [-0.05, 0) is 20.8 Å². The maximum Gasteiger partial charge on any atom is 0.0587 e. The third-order valence-corrected chi connectivity index (χ3v) is 1.37. The van der Waals surface area contributed by atoms with E-state index in [1.165, 1.54) is 23.6 Å². The molecule has 0 aliphatic heterocycles. The van der Waals surface area contributed by atoms with Gasteiger partial charge in [-0.1, -0.05) is 34.9 Å². The van der Waals surface area contributed by atoms with Crippen LogP contribution in [0.1, 0.15) is 23.6 Å². The third-order valence-electron chi connectivity index (χ3n) is 1.37. The van der Waals surface area contributed by atoms with Gasteiger partial charge in [0.15, 0.2) is 0 Å². The van der Waals surface area contributed by atoms with E-state index < -0.39 is 0 Å². The van der Waals surface area contributed by atoms with Crippen LogP contribution in [0.3, 0.4) is 0 Å². The Morgan fingerprint density at radius 3 is 1.25 bits per heavy atom. The highest BCUT2D eigenvalue weighted by Gasteiger charge is 1.87. The summed E-state index contributed by atoms with van der Waals surface area (Å²) in [5.41, 5.74) is 4.06. The van der Waals surface area contributed by atoms with E-state index in [2.05, 4.69) is 39.0 Å². The number of hydrogen-bond donors (Lipinski definition) is 0. The molecule has 1 rings (SSSR count). The Kier molecular flexibility index (Phi) is 4.79. The van der Waals surface area contributed by atoms with E-state index in [0.717, 1.165) is 0 Å². The summed E-state index contributed by atoms with van der Waals surface area (Å²) in [5.74, 6) is 0. The minimum absolute atomic E-state index is 1.35. The van der Waals surface area contributed by atoms with Crippen LogP contribution in [0.4, 0.5) is 0 Å². The van der Waals surface area contributed by atoms with Crippen molar-refractivity contribution in [2.75, 3.05) is 0 Å². The molecule has 0 heterocycles. The highest BCUT2D eigenvalue weighted by Crippen LogP contribution is 2.06. The zero-order chi connectivity index (χ0) is 9.56. The quantitative estimate of drug-likeness (QED) is 0.573. The summed E-state index contributed by atoms with van der Waals surface area (Å²) in [4.78, 5) is 0. The fourth-order valence-corrected chi connectivity index (χ4v) is 1.20. The lowest BCUT2D eigenvalue weighted by atomic mass is 10.1. The first-order chi connectivity index (χ1) is 5.60. The van der Waals surface area contributed by atoms with Crippen molar-refractivity contribution in [3.63, 3.8) is 0 Å². The lowest BCUT2D eigenvalue weighted by Gasteiger charge is -1.96. The van der Waals surface area contributed by atoms with Gasteiger partial charge >= 0.3 is 0 Å². The molecule has 0 aromatic heterocycles. The minimum atomic E-state index is 1.35. The second-order valence-electron chi connectivity index (χ2n) is 2.89. The molecular formula is C11H15N. The first kappa shape index (κ1) is 10.7. The van der Waals surface area contributed by atoms with Crippen molar-refractivity contribution in [2.24, 2.45) is 0 Å². The topological polar surface area (TPSA) is 23.8 Å². The molecule has 0 bridgehead atoms. The van der Waals surface area contributed by atoms with Gasteiger partial charge in [0, 0.05) is 6.92 Å². The number of nitrogens with zero attached hydrogens (tertiary/aromatic N) is 1. The summed E-state index contributed by atoms with van der Waals surface area (Å²) < 4.78 is 0. The molecule has 0 N–H and O–H groups in total. The maximum absolute atomic E-state index is 7.32. The number of nitriles is 1. The van der Waals surface area contributed by atoms with Gasteiger partial charge in [0.2, 0.25) is 0 Å². The van der Waals surface area contributed by atoms with E-state index >= 15 is 0 Å². The number of rotatable bonds is 0. The van der Waals surface area contributed by atoms with Crippen LogP contribution in [0.2, 0.25) is 0 Å². The van der Waals surface area contributed by atoms with Crippen molar-refractivity contribution < 1.29 is 0 Å². The number of benzene rings is 1.